The number of ether oxygens (including phenoxy) is 1. The minimum atomic E-state index is -0.664. The predicted octanol–water partition coefficient (Wildman–Crippen LogP) is 2.81. The lowest BCUT2D eigenvalue weighted by molar-refractivity contribution is -0.145. The zero-order valence-electron chi connectivity index (χ0n) is 10.4. The molecule has 0 aliphatic heterocycles. The Morgan fingerprint density at radius 2 is 1.94 bits per heavy atom. The average Bonchev–Trinajstić information content (AvgIpc) is 2.38. The highest BCUT2D eigenvalue weighted by Crippen LogP contribution is 2.11. The number of carbonyl (C=O) groups excluding carboxylic acids is 1. The van der Waals surface area contributed by atoms with Crippen LogP contribution >= 0.6 is 0 Å². The topological polar surface area (TPSA) is 52.3 Å². The molecule has 1 rings (SSSR count). The Bertz CT molecular complexity index is 324. The lowest BCUT2D eigenvalue weighted by Crippen LogP contribution is -2.24. The summed E-state index contributed by atoms with van der Waals surface area (Å²) in [7, 11) is 0. The van der Waals surface area contributed by atoms with Crippen molar-refractivity contribution in [3.8, 4) is 0 Å². The lowest BCUT2D eigenvalue weighted by atomic mass is 10.1. The van der Waals surface area contributed by atoms with Gasteiger partial charge in [-0.2, -0.15) is 0 Å². The van der Waals surface area contributed by atoms with Crippen molar-refractivity contribution in [1.82, 2.24) is 0 Å². The molecule has 0 unspecified atom stereocenters. The number of unbranched alkanes of at least 4 members (excludes halogenated alkanes) is 3. The zero-order chi connectivity index (χ0) is 12.5. The van der Waals surface area contributed by atoms with Crippen LogP contribution in [0.25, 0.3) is 0 Å². The molecule has 0 aliphatic carbocycles. The Morgan fingerprint density at radius 1 is 1.24 bits per heavy atom. The number of carbonyl (C=O) groups is 1. The minimum Gasteiger partial charge on any atom is -0.464 e. The van der Waals surface area contributed by atoms with E-state index in [9.17, 15) is 4.79 Å². The summed E-state index contributed by atoms with van der Waals surface area (Å²) < 4.78 is 5.14. The number of hydrogen-bond donors (Lipinski definition) is 1. The van der Waals surface area contributed by atoms with Crippen LogP contribution < -0.4 is 5.73 Å². The summed E-state index contributed by atoms with van der Waals surface area (Å²) in [4.78, 5) is 11.6. The van der Waals surface area contributed by atoms with Crippen LogP contribution in [0.15, 0.2) is 30.3 Å². The standard InChI is InChI=1S/C14H21NO2/c1-2-3-4-8-11-17-14(16)13(15)12-9-6-5-7-10-12/h5-7,9-10,13H,2-4,8,11,15H2,1H3/t13-/m0/s1. The molecule has 0 radical (unpaired) electrons. The van der Waals surface area contributed by atoms with Gasteiger partial charge < -0.3 is 10.5 Å². The second-order valence-corrected chi connectivity index (χ2v) is 4.12. The van der Waals surface area contributed by atoms with Gasteiger partial charge in [-0.1, -0.05) is 56.5 Å². The van der Waals surface area contributed by atoms with E-state index in [-0.39, 0.29) is 5.97 Å². The molecular formula is C14H21NO2. The van der Waals surface area contributed by atoms with Gasteiger partial charge >= 0.3 is 5.97 Å². The fraction of sp³-hybridized carbons (Fsp3) is 0.500. The summed E-state index contributed by atoms with van der Waals surface area (Å²) in [5, 5.41) is 0. The maximum Gasteiger partial charge on any atom is 0.327 e. The van der Waals surface area contributed by atoms with E-state index in [0.29, 0.717) is 6.61 Å². The van der Waals surface area contributed by atoms with Crippen LogP contribution in [0.4, 0.5) is 0 Å². The molecule has 2 N–H and O–H groups in total. The van der Waals surface area contributed by atoms with Crippen LogP contribution in [0, 0.1) is 0 Å². The molecule has 3 nitrogen and oxygen atoms in total. The van der Waals surface area contributed by atoms with Crippen molar-refractivity contribution in [2.24, 2.45) is 5.73 Å². The van der Waals surface area contributed by atoms with Gasteiger partial charge in [-0.25, -0.2) is 4.79 Å². The highest BCUT2D eigenvalue weighted by Gasteiger charge is 2.16. The molecule has 1 aromatic carbocycles. The monoisotopic (exact) mass is 235 g/mol. The summed E-state index contributed by atoms with van der Waals surface area (Å²) in [5.74, 6) is -0.340. The van der Waals surface area contributed by atoms with Crippen molar-refractivity contribution in [2.45, 2.75) is 38.6 Å². The Morgan fingerprint density at radius 3 is 2.59 bits per heavy atom. The normalized spacial score (nSPS) is 12.1. The van der Waals surface area contributed by atoms with Crippen LogP contribution in [-0.4, -0.2) is 12.6 Å². The van der Waals surface area contributed by atoms with E-state index >= 15 is 0 Å². The summed E-state index contributed by atoms with van der Waals surface area (Å²) in [5.41, 5.74) is 6.60. The smallest absolute Gasteiger partial charge is 0.327 e. The second-order valence-electron chi connectivity index (χ2n) is 4.12. The largest absolute Gasteiger partial charge is 0.464 e. The van der Waals surface area contributed by atoms with Crippen molar-refractivity contribution in [3.63, 3.8) is 0 Å². The van der Waals surface area contributed by atoms with Gasteiger partial charge in [-0.3, -0.25) is 0 Å². The van der Waals surface area contributed by atoms with Crippen LogP contribution in [0.3, 0.4) is 0 Å². The maximum absolute atomic E-state index is 11.6. The Kier molecular flexibility index (Phi) is 6.33. The molecule has 1 aromatic rings. The Labute approximate surface area is 103 Å². The van der Waals surface area contributed by atoms with E-state index in [1.807, 2.05) is 30.3 Å². The van der Waals surface area contributed by atoms with Crippen molar-refractivity contribution in [2.75, 3.05) is 6.61 Å². The Balaban J connectivity index is 2.28. The fourth-order valence-electron chi connectivity index (χ4n) is 1.59. The molecule has 0 amide bonds. The van der Waals surface area contributed by atoms with Gasteiger partial charge in [0.2, 0.25) is 0 Å². The van der Waals surface area contributed by atoms with E-state index in [0.717, 1.165) is 18.4 Å². The third-order valence-corrected chi connectivity index (χ3v) is 2.65. The lowest BCUT2D eigenvalue weighted by Gasteiger charge is -2.11. The number of benzene rings is 1. The van der Waals surface area contributed by atoms with Crippen LogP contribution in [0.2, 0.25) is 0 Å². The van der Waals surface area contributed by atoms with Crippen molar-refractivity contribution < 1.29 is 9.53 Å². The quantitative estimate of drug-likeness (QED) is 0.584. The molecule has 0 aliphatic rings. The first-order chi connectivity index (χ1) is 8.25. The van der Waals surface area contributed by atoms with Crippen molar-refractivity contribution >= 4 is 5.97 Å². The van der Waals surface area contributed by atoms with Crippen molar-refractivity contribution in [3.05, 3.63) is 35.9 Å². The SMILES string of the molecule is CCCCCCOC(=O)[C@@H](N)c1ccccc1. The molecule has 0 fully saturated rings. The number of nitrogens with two attached hydrogens (primary N) is 1. The molecule has 0 bridgehead atoms. The number of rotatable bonds is 7. The highest BCUT2D eigenvalue weighted by molar-refractivity contribution is 5.77. The summed E-state index contributed by atoms with van der Waals surface area (Å²) in [6.45, 7) is 2.62. The summed E-state index contributed by atoms with van der Waals surface area (Å²) in [6.07, 6.45) is 4.38. The third kappa shape index (κ3) is 5.00. The van der Waals surface area contributed by atoms with Gasteiger partial charge in [0.15, 0.2) is 0 Å². The third-order valence-electron chi connectivity index (χ3n) is 2.65. The van der Waals surface area contributed by atoms with E-state index in [4.69, 9.17) is 10.5 Å². The molecule has 0 heterocycles. The second kappa shape index (κ2) is 7.85. The van der Waals surface area contributed by atoms with Gasteiger partial charge in [0, 0.05) is 0 Å². The first kappa shape index (κ1) is 13.7. The number of esters is 1. The van der Waals surface area contributed by atoms with Gasteiger partial charge in [-0.15, -0.1) is 0 Å². The van der Waals surface area contributed by atoms with E-state index in [1.54, 1.807) is 0 Å². The molecule has 0 saturated carbocycles. The van der Waals surface area contributed by atoms with Crippen LogP contribution in [0.5, 0.6) is 0 Å². The van der Waals surface area contributed by atoms with Crippen molar-refractivity contribution in [1.29, 1.82) is 0 Å². The highest BCUT2D eigenvalue weighted by atomic mass is 16.5. The average molecular weight is 235 g/mol. The van der Waals surface area contributed by atoms with Gasteiger partial charge in [0.05, 0.1) is 6.61 Å². The van der Waals surface area contributed by atoms with E-state index in [1.165, 1.54) is 12.8 Å². The first-order valence-electron chi connectivity index (χ1n) is 6.23. The first-order valence-corrected chi connectivity index (χ1v) is 6.23. The van der Waals surface area contributed by atoms with Gasteiger partial charge in [0.25, 0.3) is 0 Å². The maximum atomic E-state index is 11.6. The minimum absolute atomic E-state index is 0.340. The summed E-state index contributed by atoms with van der Waals surface area (Å²) in [6, 6.07) is 8.63. The zero-order valence-corrected chi connectivity index (χ0v) is 10.4. The summed E-state index contributed by atoms with van der Waals surface area (Å²) >= 11 is 0. The van der Waals surface area contributed by atoms with Gasteiger partial charge in [0.1, 0.15) is 6.04 Å². The molecular weight excluding hydrogens is 214 g/mol. The van der Waals surface area contributed by atoms with E-state index in [2.05, 4.69) is 6.92 Å². The molecule has 0 saturated heterocycles. The molecule has 0 spiro atoms. The molecule has 0 aromatic heterocycles. The van der Waals surface area contributed by atoms with Gasteiger partial charge in [-0.05, 0) is 12.0 Å². The van der Waals surface area contributed by atoms with Crippen LogP contribution in [0.1, 0.15) is 44.2 Å². The molecule has 94 valence electrons. The van der Waals surface area contributed by atoms with E-state index < -0.39 is 6.04 Å². The fourth-order valence-corrected chi connectivity index (χ4v) is 1.59. The van der Waals surface area contributed by atoms with Crippen LogP contribution in [-0.2, 0) is 9.53 Å². The molecule has 3 heteroatoms. The number of hydrogen-bond acceptors (Lipinski definition) is 3. The predicted molar refractivity (Wildman–Crippen MR) is 68.5 cm³/mol. The molecule has 1 atom stereocenters. The Hall–Kier alpha value is -1.35. The molecule has 17 heavy (non-hydrogen) atoms.